The minimum absolute atomic E-state index is 0.0870. The number of halogens is 1. The van der Waals surface area contributed by atoms with Crippen molar-refractivity contribution in [2.45, 2.75) is 57.1 Å². The second-order valence-corrected chi connectivity index (χ2v) is 11.3. The molecule has 6 heteroatoms. The van der Waals surface area contributed by atoms with Gasteiger partial charge in [-0.3, -0.25) is 4.79 Å². The summed E-state index contributed by atoms with van der Waals surface area (Å²) in [5.41, 5.74) is 4.06. The van der Waals surface area contributed by atoms with Crippen molar-refractivity contribution >= 4 is 38.5 Å². The van der Waals surface area contributed by atoms with Gasteiger partial charge in [0.2, 0.25) is 0 Å². The van der Waals surface area contributed by atoms with Gasteiger partial charge in [0, 0.05) is 18.5 Å². The van der Waals surface area contributed by atoms with Crippen LogP contribution < -0.4 is 10.1 Å². The van der Waals surface area contributed by atoms with E-state index in [0.717, 1.165) is 31.9 Å². The number of carbonyl (C=O) groups excluding carboxylic acids is 1. The lowest BCUT2D eigenvalue weighted by Gasteiger charge is -2.22. The van der Waals surface area contributed by atoms with E-state index in [1.807, 2.05) is 60.7 Å². The molecule has 40 heavy (non-hydrogen) atoms. The van der Waals surface area contributed by atoms with E-state index in [9.17, 15) is 14.7 Å². The number of hydrogen-bond donors (Lipinski definition) is 2. The molecule has 0 heterocycles. The molecular weight excluding hydrogens is 566 g/mol. The Morgan fingerprint density at radius 2 is 1.65 bits per heavy atom. The molecule has 0 spiro atoms. The van der Waals surface area contributed by atoms with Gasteiger partial charge in [-0.25, -0.2) is 4.79 Å². The monoisotopic (exact) mass is 599 g/mol. The van der Waals surface area contributed by atoms with Crippen LogP contribution in [0.1, 0.15) is 65.1 Å². The highest BCUT2D eigenvalue weighted by atomic mass is 79.9. The van der Waals surface area contributed by atoms with Crippen molar-refractivity contribution in [2.75, 3.05) is 6.54 Å². The topological polar surface area (TPSA) is 75.6 Å². The van der Waals surface area contributed by atoms with Crippen molar-refractivity contribution in [3.05, 3.63) is 112 Å². The summed E-state index contributed by atoms with van der Waals surface area (Å²) in [5.74, 6) is 0.206. The summed E-state index contributed by atoms with van der Waals surface area (Å²) in [6.07, 6.45) is 5.72. The van der Waals surface area contributed by atoms with Crippen LogP contribution in [-0.2, 0) is 17.8 Å². The maximum absolute atomic E-state index is 12.7. The first kappa shape index (κ1) is 28.1. The quantitative estimate of drug-likeness (QED) is 0.173. The van der Waals surface area contributed by atoms with Crippen LogP contribution in [0, 0.1) is 0 Å². The van der Waals surface area contributed by atoms with Crippen molar-refractivity contribution in [3.63, 3.8) is 0 Å². The second-order valence-electron chi connectivity index (χ2n) is 10.6. The molecule has 0 radical (unpaired) electrons. The number of carboxylic acid groups (broad SMARTS) is 1. The van der Waals surface area contributed by atoms with E-state index in [1.165, 1.54) is 37.7 Å². The lowest BCUT2D eigenvalue weighted by molar-refractivity contribution is -0.145. The summed E-state index contributed by atoms with van der Waals surface area (Å²) < 4.78 is 6.65. The average Bonchev–Trinajstić information content (AvgIpc) is 2.99. The first-order valence-electron chi connectivity index (χ1n) is 14.0. The predicted octanol–water partition coefficient (Wildman–Crippen LogP) is 7.70. The predicted molar refractivity (Wildman–Crippen MR) is 162 cm³/mol. The molecule has 0 aromatic heterocycles. The van der Waals surface area contributed by atoms with Gasteiger partial charge in [-0.2, -0.15) is 0 Å². The molecule has 1 atom stereocenters. The Bertz CT molecular complexity index is 1460. The maximum atomic E-state index is 12.7. The van der Waals surface area contributed by atoms with Gasteiger partial charge in [0.25, 0.3) is 0 Å². The summed E-state index contributed by atoms with van der Waals surface area (Å²) in [6.45, 7) is 0.838. The Morgan fingerprint density at radius 1 is 0.900 bits per heavy atom. The highest BCUT2D eigenvalue weighted by molar-refractivity contribution is 9.10. The average molecular weight is 601 g/mol. The standard InChI is InChI=1S/C34H34BrNO4/c35-33-29-17-11-24(21-36-22-30(37)27-14-12-26(13-15-27)25-9-5-2-6-10-25)19-28(29)16-18-31(33)40-32(34(38)39)20-23-7-3-1-4-8-23/h1,3-4,7-8,11-19,25,32,36H,2,5-6,9-10,20-22H2,(H,38,39). The van der Waals surface area contributed by atoms with Crippen molar-refractivity contribution in [1.82, 2.24) is 5.32 Å². The van der Waals surface area contributed by atoms with Gasteiger partial charge < -0.3 is 15.2 Å². The fraction of sp³-hybridized carbons (Fsp3) is 0.294. The molecule has 4 aromatic rings. The van der Waals surface area contributed by atoms with Crippen molar-refractivity contribution in [3.8, 4) is 5.75 Å². The molecule has 1 aliphatic rings. The van der Waals surface area contributed by atoms with Gasteiger partial charge in [0.15, 0.2) is 11.9 Å². The van der Waals surface area contributed by atoms with Crippen LogP contribution in [0.2, 0.25) is 0 Å². The molecular formula is C34H34BrNO4. The second kappa shape index (κ2) is 13.2. The number of rotatable bonds is 11. The third-order valence-electron chi connectivity index (χ3n) is 7.72. The molecule has 0 saturated heterocycles. The molecule has 0 bridgehead atoms. The number of fused-ring (bicyclic) bond motifs is 1. The van der Waals surface area contributed by atoms with Gasteiger partial charge in [-0.15, -0.1) is 0 Å². The summed E-state index contributed by atoms with van der Waals surface area (Å²) in [4.78, 5) is 24.6. The zero-order valence-electron chi connectivity index (χ0n) is 22.4. The molecule has 1 unspecified atom stereocenters. The number of ketones is 1. The Morgan fingerprint density at radius 3 is 2.38 bits per heavy atom. The van der Waals surface area contributed by atoms with Gasteiger partial charge >= 0.3 is 5.97 Å². The van der Waals surface area contributed by atoms with Crippen LogP contribution in [0.15, 0.2) is 89.4 Å². The number of benzene rings is 4. The first-order valence-corrected chi connectivity index (χ1v) is 14.8. The van der Waals surface area contributed by atoms with Crippen molar-refractivity contribution < 1.29 is 19.4 Å². The van der Waals surface area contributed by atoms with Crippen LogP contribution in [0.25, 0.3) is 10.8 Å². The Labute approximate surface area is 243 Å². The van der Waals surface area contributed by atoms with E-state index in [1.54, 1.807) is 6.07 Å². The van der Waals surface area contributed by atoms with Crippen LogP contribution in [-0.4, -0.2) is 29.5 Å². The molecule has 1 saturated carbocycles. The third-order valence-corrected chi connectivity index (χ3v) is 8.53. The summed E-state index contributed by atoms with van der Waals surface area (Å²) in [5, 5.41) is 14.9. The zero-order valence-corrected chi connectivity index (χ0v) is 24.0. The van der Waals surface area contributed by atoms with Crippen LogP contribution >= 0.6 is 15.9 Å². The van der Waals surface area contributed by atoms with E-state index >= 15 is 0 Å². The van der Waals surface area contributed by atoms with Crippen molar-refractivity contribution in [1.29, 1.82) is 0 Å². The first-order chi connectivity index (χ1) is 19.5. The third kappa shape index (κ3) is 6.98. The van der Waals surface area contributed by atoms with E-state index in [0.29, 0.717) is 18.2 Å². The number of nitrogens with one attached hydrogen (secondary N) is 1. The Hall–Kier alpha value is -3.48. The minimum atomic E-state index is -1.01. The van der Waals surface area contributed by atoms with Gasteiger partial charge in [-0.05, 0) is 74.3 Å². The number of ether oxygens (including phenoxy) is 1. The fourth-order valence-corrected chi connectivity index (χ4v) is 6.07. The molecule has 5 nitrogen and oxygen atoms in total. The van der Waals surface area contributed by atoms with Crippen LogP contribution in [0.4, 0.5) is 0 Å². The minimum Gasteiger partial charge on any atom is -0.478 e. The molecule has 2 N–H and O–H groups in total. The number of carboxylic acids is 1. The highest BCUT2D eigenvalue weighted by Crippen LogP contribution is 2.35. The molecule has 206 valence electrons. The SMILES string of the molecule is O=C(CNCc1ccc2c(Br)c(OC(Cc3ccccc3)C(=O)O)ccc2c1)c1ccc(C2CCCCC2)cc1. The summed E-state index contributed by atoms with van der Waals surface area (Å²) in [7, 11) is 0. The number of carbonyl (C=O) groups is 2. The van der Waals surface area contributed by atoms with Gasteiger partial charge in [0.1, 0.15) is 5.75 Å². The Balaban J connectivity index is 1.18. The highest BCUT2D eigenvalue weighted by Gasteiger charge is 2.22. The van der Waals surface area contributed by atoms with Crippen molar-refractivity contribution in [2.24, 2.45) is 0 Å². The van der Waals surface area contributed by atoms with E-state index in [2.05, 4.69) is 39.4 Å². The molecule has 1 fully saturated rings. The number of hydrogen-bond acceptors (Lipinski definition) is 4. The fourth-order valence-electron chi connectivity index (χ4n) is 5.48. The smallest absolute Gasteiger partial charge is 0.345 e. The van der Waals surface area contributed by atoms with E-state index in [-0.39, 0.29) is 18.7 Å². The molecule has 0 aliphatic heterocycles. The van der Waals surface area contributed by atoms with Crippen LogP contribution in [0.3, 0.4) is 0 Å². The molecule has 4 aromatic carbocycles. The summed E-state index contributed by atoms with van der Waals surface area (Å²) in [6, 6.07) is 27.4. The molecule has 0 amide bonds. The normalized spacial score (nSPS) is 14.6. The van der Waals surface area contributed by atoms with Gasteiger partial charge in [-0.1, -0.05) is 92.1 Å². The maximum Gasteiger partial charge on any atom is 0.345 e. The molecule has 5 rings (SSSR count). The van der Waals surface area contributed by atoms with Crippen LogP contribution in [0.5, 0.6) is 5.75 Å². The van der Waals surface area contributed by atoms with Gasteiger partial charge in [0.05, 0.1) is 11.0 Å². The summed E-state index contributed by atoms with van der Waals surface area (Å²) >= 11 is 3.62. The lowest BCUT2D eigenvalue weighted by Crippen LogP contribution is -2.29. The zero-order chi connectivity index (χ0) is 27.9. The van der Waals surface area contributed by atoms with E-state index < -0.39 is 12.1 Å². The lowest BCUT2D eigenvalue weighted by atomic mass is 9.84. The number of Topliss-reactive ketones (excluding diaryl/α,β-unsaturated/α-hetero) is 1. The Kier molecular flexibility index (Phi) is 9.30. The number of aliphatic carboxylic acids is 1. The molecule has 1 aliphatic carbocycles. The van der Waals surface area contributed by atoms with E-state index in [4.69, 9.17) is 4.74 Å². The largest absolute Gasteiger partial charge is 0.478 e.